The maximum atomic E-state index is 8.94. The van der Waals surface area contributed by atoms with E-state index in [-0.39, 0.29) is 0 Å². The van der Waals surface area contributed by atoms with Gasteiger partial charge in [0.1, 0.15) is 11.7 Å². The molecule has 3 aromatic rings. The van der Waals surface area contributed by atoms with Gasteiger partial charge in [-0.1, -0.05) is 6.07 Å². The highest BCUT2D eigenvalue weighted by Gasteiger charge is 2.08. The van der Waals surface area contributed by atoms with Crippen molar-refractivity contribution in [3.8, 4) is 17.6 Å². The zero-order chi connectivity index (χ0) is 15.5. The Balaban J connectivity index is 1.91. The Bertz CT molecular complexity index is 862. The van der Waals surface area contributed by atoms with Crippen LogP contribution >= 0.6 is 0 Å². The molecule has 0 bridgehead atoms. The molecule has 1 aromatic carbocycles. The van der Waals surface area contributed by atoms with Gasteiger partial charge in [0, 0.05) is 18.8 Å². The summed E-state index contributed by atoms with van der Waals surface area (Å²) in [6, 6.07) is 11.6. The third-order valence-electron chi connectivity index (χ3n) is 3.46. The summed E-state index contributed by atoms with van der Waals surface area (Å²) in [7, 11) is 3.24. The van der Waals surface area contributed by atoms with Gasteiger partial charge in [0.25, 0.3) is 0 Å². The van der Waals surface area contributed by atoms with Gasteiger partial charge >= 0.3 is 0 Å². The summed E-state index contributed by atoms with van der Waals surface area (Å²) in [5.74, 6) is 1.41. The lowest BCUT2D eigenvalue weighted by Crippen LogP contribution is -1.94. The van der Waals surface area contributed by atoms with Gasteiger partial charge in [0.05, 0.1) is 25.5 Å². The van der Waals surface area contributed by atoms with Crippen molar-refractivity contribution >= 4 is 5.65 Å². The standard InChI is InChI=1S/C17H15N3O2/c1-21-15-5-3-12(8-16(15)22-2)7-14-11-20-10-13(9-18)4-6-17(20)19-14/h3-6,8,10-11H,7H2,1-2H3. The van der Waals surface area contributed by atoms with Gasteiger partial charge in [-0.25, -0.2) is 4.98 Å². The largest absolute Gasteiger partial charge is 0.493 e. The number of ether oxygens (including phenoxy) is 2. The predicted octanol–water partition coefficient (Wildman–Crippen LogP) is 2.81. The van der Waals surface area contributed by atoms with Crippen LogP contribution in [0.15, 0.2) is 42.7 Å². The van der Waals surface area contributed by atoms with E-state index in [1.807, 2.05) is 34.9 Å². The van der Waals surface area contributed by atoms with Crippen molar-refractivity contribution in [1.29, 1.82) is 5.26 Å². The van der Waals surface area contributed by atoms with E-state index in [0.29, 0.717) is 23.5 Å². The zero-order valence-electron chi connectivity index (χ0n) is 12.4. The lowest BCUT2D eigenvalue weighted by Gasteiger charge is -2.08. The number of pyridine rings is 1. The summed E-state index contributed by atoms with van der Waals surface area (Å²) >= 11 is 0. The normalized spacial score (nSPS) is 10.4. The van der Waals surface area contributed by atoms with E-state index in [9.17, 15) is 0 Å². The fraction of sp³-hybridized carbons (Fsp3) is 0.176. The molecule has 5 nitrogen and oxygen atoms in total. The molecule has 110 valence electrons. The molecule has 0 saturated heterocycles. The molecule has 0 amide bonds. The highest BCUT2D eigenvalue weighted by atomic mass is 16.5. The molecule has 0 unspecified atom stereocenters. The first-order valence-corrected chi connectivity index (χ1v) is 6.82. The maximum Gasteiger partial charge on any atom is 0.160 e. The summed E-state index contributed by atoms with van der Waals surface area (Å²) in [5, 5.41) is 8.94. The number of fused-ring (bicyclic) bond motifs is 1. The van der Waals surface area contributed by atoms with Gasteiger partial charge in [0.2, 0.25) is 0 Å². The highest BCUT2D eigenvalue weighted by molar-refractivity contribution is 5.46. The van der Waals surface area contributed by atoms with Crippen LogP contribution in [-0.4, -0.2) is 23.6 Å². The predicted molar refractivity (Wildman–Crippen MR) is 82.3 cm³/mol. The Morgan fingerprint density at radius 2 is 1.91 bits per heavy atom. The lowest BCUT2D eigenvalue weighted by molar-refractivity contribution is 0.354. The maximum absolute atomic E-state index is 8.94. The average molecular weight is 293 g/mol. The van der Waals surface area contributed by atoms with Crippen LogP contribution in [0.3, 0.4) is 0 Å². The van der Waals surface area contributed by atoms with Crippen LogP contribution in [0.5, 0.6) is 11.5 Å². The minimum absolute atomic E-state index is 0.613. The third kappa shape index (κ3) is 2.59. The molecule has 0 spiro atoms. The van der Waals surface area contributed by atoms with Crippen molar-refractivity contribution in [1.82, 2.24) is 9.38 Å². The zero-order valence-corrected chi connectivity index (χ0v) is 12.4. The molecular formula is C17H15N3O2. The molecule has 0 atom stereocenters. The number of nitrogens with zero attached hydrogens (tertiary/aromatic N) is 3. The molecule has 3 rings (SSSR count). The first-order chi connectivity index (χ1) is 10.7. The molecule has 5 heteroatoms. The van der Waals surface area contributed by atoms with Crippen LogP contribution in [0.2, 0.25) is 0 Å². The van der Waals surface area contributed by atoms with Crippen molar-refractivity contribution in [3.63, 3.8) is 0 Å². The molecule has 0 aliphatic rings. The van der Waals surface area contributed by atoms with Crippen molar-refractivity contribution in [2.24, 2.45) is 0 Å². The van der Waals surface area contributed by atoms with Gasteiger partial charge in [-0.3, -0.25) is 0 Å². The first kappa shape index (κ1) is 14.0. The van der Waals surface area contributed by atoms with E-state index >= 15 is 0 Å². The van der Waals surface area contributed by atoms with Crippen LogP contribution in [0.25, 0.3) is 5.65 Å². The van der Waals surface area contributed by atoms with Gasteiger partial charge in [-0.15, -0.1) is 0 Å². The van der Waals surface area contributed by atoms with Gasteiger partial charge in [-0.2, -0.15) is 5.26 Å². The Labute approximate surface area is 128 Å². The van der Waals surface area contributed by atoms with Crippen LogP contribution < -0.4 is 9.47 Å². The van der Waals surface area contributed by atoms with Gasteiger partial charge in [0.15, 0.2) is 11.5 Å². The monoisotopic (exact) mass is 293 g/mol. The summed E-state index contributed by atoms with van der Waals surface area (Å²) in [6.07, 6.45) is 4.40. The number of aromatic nitrogens is 2. The smallest absolute Gasteiger partial charge is 0.160 e. The van der Waals surface area contributed by atoms with Crippen molar-refractivity contribution in [3.05, 3.63) is 59.5 Å². The molecule has 0 aliphatic heterocycles. The first-order valence-electron chi connectivity index (χ1n) is 6.82. The molecule has 2 aromatic heterocycles. The number of benzene rings is 1. The molecular weight excluding hydrogens is 278 g/mol. The van der Waals surface area contributed by atoms with E-state index in [2.05, 4.69) is 11.1 Å². The van der Waals surface area contributed by atoms with E-state index in [1.165, 1.54) is 0 Å². The summed E-state index contributed by atoms with van der Waals surface area (Å²) in [4.78, 5) is 4.56. The Morgan fingerprint density at radius 3 is 2.64 bits per heavy atom. The third-order valence-corrected chi connectivity index (χ3v) is 3.46. The van der Waals surface area contributed by atoms with Crippen LogP contribution in [0.4, 0.5) is 0 Å². The quantitative estimate of drug-likeness (QED) is 0.742. The Morgan fingerprint density at radius 1 is 1.09 bits per heavy atom. The van der Waals surface area contributed by atoms with Crippen molar-refractivity contribution in [2.75, 3.05) is 14.2 Å². The fourth-order valence-corrected chi connectivity index (χ4v) is 2.40. The topological polar surface area (TPSA) is 59.5 Å². The van der Waals surface area contributed by atoms with Crippen LogP contribution in [-0.2, 0) is 6.42 Å². The van der Waals surface area contributed by atoms with Gasteiger partial charge < -0.3 is 13.9 Å². The molecule has 0 radical (unpaired) electrons. The van der Waals surface area contributed by atoms with E-state index in [0.717, 1.165) is 16.9 Å². The summed E-state index contributed by atoms with van der Waals surface area (Å²) < 4.78 is 12.4. The number of hydrogen-bond donors (Lipinski definition) is 0. The van der Waals surface area contributed by atoms with Crippen molar-refractivity contribution in [2.45, 2.75) is 6.42 Å². The molecule has 2 heterocycles. The Kier molecular flexibility index (Phi) is 3.67. The lowest BCUT2D eigenvalue weighted by atomic mass is 10.1. The van der Waals surface area contributed by atoms with Crippen LogP contribution in [0.1, 0.15) is 16.8 Å². The second kappa shape index (κ2) is 5.78. The average Bonchev–Trinajstić information content (AvgIpc) is 2.95. The fourth-order valence-electron chi connectivity index (χ4n) is 2.40. The number of nitriles is 1. The Hall–Kier alpha value is -3.00. The van der Waals surface area contributed by atoms with Crippen molar-refractivity contribution < 1.29 is 9.47 Å². The number of imidazole rings is 1. The molecule has 0 saturated carbocycles. The van der Waals surface area contributed by atoms with E-state index in [1.54, 1.807) is 26.5 Å². The second-order valence-corrected chi connectivity index (χ2v) is 4.89. The van der Waals surface area contributed by atoms with Gasteiger partial charge in [-0.05, 0) is 29.8 Å². The minimum atomic E-state index is 0.613. The van der Waals surface area contributed by atoms with E-state index in [4.69, 9.17) is 14.7 Å². The second-order valence-electron chi connectivity index (χ2n) is 4.89. The molecule has 0 aliphatic carbocycles. The molecule has 0 N–H and O–H groups in total. The number of methoxy groups -OCH3 is 2. The molecule has 0 fully saturated rings. The highest BCUT2D eigenvalue weighted by Crippen LogP contribution is 2.28. The van der Waals surface area contributed by atoms with Crippen LogP contribution in [0, 0.1) is 11.3 Å². The molecule has 22 heavy (non-hydrogen) atoms. The SMILES string of the molecule is COc1ccc(Cc2cn3cc(C#N)ccc3n2)cc1OC. The number of hydrogen-bond acceptors (Lipinski definition) is 4. The summed E-state index contributed by atoms with van der Waals surface area (Å²) in [5.41, 5.74) is 3.46. The minimum Gasteiger partial charge on any atom is -0.493 e. The summed E-state index contributed by atoms with van der Waals surface area (Å²) in [6.45, 7) is 0. The number of rotatable bonds is 4. The van der Waals surface area contributed by atoms with E-state index < -0.39 is 0 Å².